The lowest BCUT2D eigenvalue weighted by Crippen LogP contribution is -2.41. The molecule has 4 heteroatoms. The van der Waals surface area contributed by atoms with Gasteiger partial charge >= 0.3 is 0 Å². The van der Waals surface area contributed by atoms with Gasteiger partial charge in [0.25, 0.3) is 0 Å². The molecule has 1 aromatic heterocycles. The molecule has 1 fully saturated rings. The van der Waals surface area contributed by atoms with E-state index in [1.165, 1.54) is 31.4 Å². The Hall–Kier alpha value is -0.870. The summed E-state index contributed by atoms with van der Waals surface area (Å²) in [5.74, 6) is 0. The first-order valence-corrected chi connectivity index (χ1v) is 8.13. The maximum absolute atomic E-state index is 5.74. The Kier molecular flexibility index (Phi) is 6.05. The highest BCUT2D eigenvalue weighted by molar-refractivity contribution is 5.03. The van der Waals surface area contributed by atoms with Gasteiger partial charge in [0.05, 0.1) is 17.8 Å². The molecule has 20 heavy (non-hydrogen) atoms. The van der Waals surface area contributed by atoms with Crippen LogP contribution in [-0.2, 0) is 11.2 Å². The minimum atomic E-state index is 0.219. The van der Waals surface area contributed by atoms with Gasteiger partial charge in [-0.2, -0.15) is 5.10 Å². The van der Waals surface area contributed by atoms with Gasteiger partial charge in [0, 0.05) is 25.3 Å². The van der Waals surface area contributed by atoms with E-state index in [0.29, 0.717) is 12.1 Å². The molecule has 4 nitrogen and oxygen atoms in total. The molecule has 1 aliphatic rings. The van der Waals surface area contributed by atoms with Crippen LogP contribution in [0.4, 0.5) is 0 Å². The summed E-state index contributed by atoms with van der Waals surface area (Å²) in [5, 5.41) is 8.30. The lowest BCUT2D eigenvalue weighted by atomic mass is 10.1. The number of rotatable bonds is 8. The van der Waals surface area contributed by atoms with Crippen LogP contribution in [0.25, 0.3) is 0 Å². The van der Waals surface area contributed by atoms with Crippen molar-refractivity contribution in [1.29, 1.82) is 0 Å². The van der Waals surface area contributed by atoms with Gasteiger partial charge in [-0.3, -0.25) is 4.68 Å². The van der Waals surface area contributed by atoms with Gasteiger partial charge < -0.3 is 10.1 Å². The normalized spacial score (nSPS) is 19.4. The SMILES string of the molecule is CCNC(Cc1ccn(C2CCCC2)n1)C(C)OCC. The standard InChI is InChI=1S/C16H29N3O/c1-4-17-16(13(3)20-5-2)12-14-10-11-19(18-14)15-8-6-7-9-15/h10-11,13,15-17H,4-9,12H2,1-3H3. The van der Waals surface area contributed by atoms with Crippen molar-refractivity contribution in [2.24, 2.45) is 0 Å². The number of likely N-dealkylation sites (N-methyl/N-ethyl adjacent to an activating group) is 1. The molecule has 1 aromatic rings. The van der Waals surface area contributed by atoms with E-state index < -0.39 is 0 Å². The predicted molar refractivity (Wildman–Crippen MR) is 82.0 cm³/mol. The van der Waals surface area contributed by atoms with Crippen LogP contribution in [0.2, 0.25) is 0 Å². The summed E-state index contributed by atoms with van der Waals surface area (Å²) < 4.78 is 7.92. The molecule has 0 aliphatic heterocycles. The largest absolute Gasteiger partial charge is 0.377 e. The highest BCUT2D eigenvalue weighted by Gasteiger charge is 2.20. The van der Waals surface area contributed by atoms with Crippen LogP contribution >= 0.6 is 0 Å². The van der Waals surface area contributed by atoms with Gasteiger partial charge in [0.15, 0.2) is 0 Å². The molecule has 2 rings (SSSR count). The fraction of sp³-hybridized carbons (Fsp3) is 0.812. The maximum atomic E-state index is 5.74. The van der Waals surface area contributed by atoms with Crippen molar-refractivity contribution in [2.45, 2.75) is 71.1 Å². The van der Waals surface area contributed by atoms with Gasteiger partial charge in [-0.15, -0.1) is 0 Å². The average Bonchev–Trinajstić information content (AvgIpc) is 3.09. The van der Waals surface area contributed by atoms with Crippen molar-refractivity contribution in [1.82, 2.24) is 15.1 Å². The van der Waals surface area contributed by atoms with Crippen LogP contribution < -0.4 is 5.32 Å². The van der Waals surface area contributed by atoms with Gasteiger partial charge in [-0.05, 0) is 39.3 Å². The second kappa shape index (κ2) is 7.79. The zero-order chi connectivity index (χ0) is 14.4. The number of aromatic nitrogens is 2. The highest BCUT2D eigenvalue weighted by atomic mass is 16.5. The predicted octanol–water partition coefficient (Wildman–Crippen LogP) is 2.94. The summed E-state index contributed by atoms with van der Waals surface area (Å²) >= 11 is 0. The lowest BCUT2D eigenvalue weighted by Gasteiger charge is -2.24. The summed E-state index contributed by atoms with van der Waals surface area (Å²) in [6, 6.07) is 3.14. The topological polar surface area (TPSA) is 39.1 Å². The zero-order valence-electron chi connectivity index (χ0n) is 13.1. The summed E-state index contributed by atoms with van der Waals surface area (Å²) in [6.07, 6.45) is 8.58. The van der Waals surface area contributed by atoms with Gasteiger partial charge in [-0.1, -0.05) is 19.8 Å². The molecule has 0 spiro atoms. The first-order valence-electron chi connectivity index (χ1n) is 8.13. The van der Waals surface area contributed by atoms with Crippen LogP contribution in [0.1, 0.15) is 58.2 Å². The summed E-state index contributed by atoms with van der Waals surface area (Å²) in [5.41, 5.74) is 1.18. The highest BCUT2D eigenvalue weighted by Crippen LogP contribution is 2.28. The number of hydrogen-bond acceptors (Lipinski definition) is 3. The summed E-state index contributed by atoms with van der Waals surface area (Å²) in [6.45, 7) is 8.06. The van der Waals surface area contributed by atoms with Crippen LogP contribution in [-0.4, -0.2) is 35.1 Å². The Labute approximate surface area is 122 Å². The van der Waals surface area contributed by atoms with Gasteiger partial charge in [-0.25, -0.2) is 0 Å². The third-order valence-corrected chi connectivity index (χ3v) is 4.25. The smallest absolute Gasteiger partial charge is 0.0703 e. The number of ether oxygens (including phenoxy) is 1. The molecule has 1 N–H and O–H groups in total. The molecule has 2 atom stereocenters. The van der Waals surface area contributed by atoms with E-state index in [4.69, 9.17) is 9.84 Å². The quantitative estimate of drug-likeness (QED) is 0.795. The fourth-order valence-electron chi connectivity index (χ4n) is 3.13. The van der Waals surface area contributed by atoms with Crippen molar-refractivity contribution in [3.8, 4) is 0 Å². The Balaban J connectivity index is 1.95. The van der Waals surface area contributed by atoms with E-state index in [0.717, 1.165) is 19.6 Å². The molecule has 0 saturated heterocycles. The average molecular weight is 279 g/mol. The number of hydrogen-bond donors (Lipinski definition) is 1. The molecule has 1 aliphatic carbocycles. The van der Waals surface area contributed by atoms with Crippen molar-refractivity contribution >= 4 is 0 Å². The zero-order valence-corrected chi connectivity index (χ0v) is 13.1. The van der Waals surface area contributed by atoms with E-state index in [1.807, 2.05) is 6.92 Å². The first kappa shape index (κ1) is 15.5. The summed E-state index contributed by atoms with van der Waals surface area (Å²) in [7, 11) is 0. The number of nitrogens with one attached hydrogen (secondary N) is 1. The molecule has 114 valence electrons. The Morgan fingerprint density at radius 2 is 2.15 bits per heavy atom. The second-order valence-electron chi connectivity index (χ2n) is 5.75. The molecule has 1 heterocycles. The number of nitrogens with zero attached hydrogens (tertiary/aromatic N) is 2. The van der Waals surface area contributed by atoms with E-state index in [2.05, 4.69) is 36.1 Å². The van der Waals surface area contributed by atoms with Crippen LogP contribution in [0.5, 0.6) is 0 Å². The summed E-state index contributed by atoms with van der Waals surface area (Å²) in [4.78, 5) is 0. The van der Waals surface area contributed by atoms with E-state index in [1.54, 1.807) is 0 Å². The molecule has 0 aromatic carbocycles. The van der Waals surface area contributed by atoms with Crippen molar-refractivity contribution < 1.29 is 4.74 Å². The second-order valence-corrected chi connectivity index (χ2v) is 5.75. The van der Waals surface area contributed by atoms with Gasteiger partial charge in [0.1, 0.15) is 0 Å². The van der Waals surface area contributed by atoms with Crippen LogP contribution in [0.15, 0.2) is 12.3 Å². The maximum Gasteiger partial charge on any atom is 0.0703 e. The van der Waals surface area contributed by atoms with Gasteiger partial charge in [0.2, 0.25) is 0 Å². The molecule has 0 radical (unpaired) electrons. The Morgan fingerprint density at radius 3 is 2.80 bits per heavy atom. The minimum Gasteiger partial charge on any atom is -0.377 e. The molecule has 2 unspecified atom stereocenters. The van der Waals surface area contributed by atoms with Crippen molar-refractivity contribution in [3.05, 3.63) is 18.0 Å². The Morgan fingerprint density at radius 1 is 1.40 bits per heavy atom. The third-order valence-electron chi connectivity index (χ3n) is 4.25. The fourth-order valence-corrected chi connectivity index (χ4v) is 3.13. The molecule has 0 bridgehead atoms. The van der Waals surface area contributed by atoms with E-state index in [9.17, 15) is 0 Å². The minimum absolute atomic E-state index is 0.219. The lowest BCUT2D eigenvalue weighted by molar-refractivity contribution is 0.0477. The molecule has 0 amide bonds. The third kappa shape index (κ3) is 4.06. The molecular formula is C16H29N3O. The first-order chi connectivity index (χ1) is 9.74. The van der Waals surface area contributed by atoms with Crippen LogP contribution in [0.3, 0.4) is 0 Å². The van der Waals surface area contributed by atoms with Crippen LogP contribution in [0, 0.1) is 0 Å². The van der Waals surface area contributed by atoms with E-state index in [-0.39, 0.29) is 6.10 Å². The molecular weight excluding hydrogens is 250 g/mol. The monoisotopic (exact) mass is 279 g/mol. The van der Waals surface area contributed by atoms with E-state index >= 15 is 0 Å². The van der Waals surface area contributed by atoms with Crippen molar-refractivity contribution in [3.63, 3.8) is 0 Å². The Bertz CT molecular complexity index is 385. The van der Waals surface area contributed by atoms with Crippen molar-refractivity contribution in [2.75, 3.05) is 13.2 Å². The molecule has 1 saturated carbocycles.